The van der Waals surface area contributed by atoms with Crippen molar-refractivity contribution in [3.8, 4) is 17.4 Å². The predicted octanol–water partition coefficient (Wildman–Crippen LogP) is 2.67. The summed E-state index contributed by atoms with van der Waals surface area (Å²) in [6.45, 7) is 0.972. The third-order valence-corrected chi connectivity index (χ3v) is 3.59. The Hall–Kier alpha value is -2.57. The van der Waals surface area contributed by atoms with Crippen molar-refractivity contribution in [2.45, 2.75) is 12.8 Å². The van der Waals surface area contributed by atoms with Crippen molar-refractivity contribution < 1.29 is 19.4 Å². The standard InChI is InChI=1S/C14H13N3O4/c18-13(7-1-2-7)17-16-12-8-5-10-11(21-4-3-20-10)6-9(8)15-14(12)19/h5-7,15,19H,1-4H2. The van der Waals surface area contributed by atoms with Crippen LogP contribution in [0.3, 0.4) is 0 Å². The van der Waals surface area contributed by atoms with E-state index in [1.807, 2.05) is 0 Å². The smallest absolute Gasteiger partial charge is 0.267 e. The van der Waals surface area contributed by atoms with Gasteiger partial charge in [-0.25, -0.2) is 0 Å². The molecule has 1 fully saturated rings. The van der Waals surface area contributed by atoms with E-state index in [-0.39, 0.29) is 23.4 Å². The molecule has 4 rings (SSSR count). The third-order valence-electron chi connectivity index (χ3n) is 3.59. The molecule has 2 aliphatic rings. The van der Waals surface area contributed by atoms with E-state index in [2.05, 4.69) is 15.2 Å². The Morgan fingerprint density at radius 1 is 1.24 bits per heavy atom. The number of carbonyl (C=O) groups is 1. The van der Waals surface area contributed by atoms with Crippen LogP contribution in [0.2, 0.25) is 0 Å². The lowest BCUT2D eigenvalue weighted by Gasteiger charge is -2.17. The molecule has 0 spiro atoms. The summed E-state index contributed by atoms with van der Waals surface area (Å²) in [5.41, 5.74) is 0.903. The number of nitrogens with zero attached hydrogens (tertiary/aromatic N) is 2. The number of hydrogen-bond acceptors (Lipinski definition) is 5. The van der Waals surface area contributed by atoms with Gasteiger partial charge in [0.05, 0.1) is 5.52 Å². The zero-order chi connectivity index (χ0) is 14.4. The number of amides is 1. The molecule has 1 amide bonds. The molecule has 1 aliphatic heterocycles. The molecule has 7 heteroatoms. The van der Waals surface area contributed by atoms with Gasteiger partial charge in [0.25, 0.3) is 5.91 Å². The Bertz CT molecular complexity index is 761. The average molecular weight is 287 g/mol. The van der Waals surface area contributed by atoms with E-state index >= 15 is 0 Å². The summed E-state index contributed by atoms with van der Waals surface area (Å²) >= 11 is 0. The molecule has 2 N–H and O–H groups in total. The Morgan fingerprint density at radius 2 is 1.95 bits per heavy atom. The molecule has 7 nitrogen and oxygen atoms in total. The number of carbonyl (C=O) groups excluding carboxylic acids is 1. The maximum atomic E-state index is 11.6. The van der Waals surface area contributed by atoms with E-state index < -0.39 is 0 Å². The molecule has 2 heterocycles. The summed E-state index contributed by atoms with van der Waals surface area (Å²) in [6.07, 6.45) is 1.74. The SMILES string of the molecule is O=C(N=Nc1c(O)[nH]c2cc3c(cc12)OCCO3)C1CC1. The summed E-state index contributed by atoms with van der Waals surface area (Å²) in [5, 5.41) is 18.2. The second-order valence-electron chi connectivity index (χ2n) is 5.18. The van der Waals surface area contributed by atoms with Crippen molar-refractivity contribution in [2.24, 2.45) is 16.1 Å². The summed E-state index contributed by atoms with van der Waals surface area (Å²) in [4.78, 5) is 14.4. The van der Waals surface area contributed by atoms with Gasteiger partial charge in [0.1, 0.15) is 13.2 Å². The van der Waals surface area contributed by atoms with Crippen molar-refractivity contribution in [3.05, 3.63) is 12.1 Å². The zero-order valence-electron chi connectivity index (χ0n) is 11.1. The van der Waals surface area contributed by atoms with Crippen molar-refractivity contribution in [1.82, 2.24) is 4.98 Å². The molecule has 21 heavy (non-hydrogen) atoms. The Morgan fingerprint density at radius 3 is 2.67 bits per heavy atom. The first-order valence-electron chi connectivity index (χ1n) is 6.82. The lowest BCUT2D eigenvalue weighted by Crippen LogP contribution is -2.15. The fourth-order valence-corrected chi connectivity index (χ4v) is 2.31. The highest BCUT2D eigenvalue weighted by Crippen LogP contribution is 2.42. The Labute approximate surface area is 119 Å². The van der Waals surface area contributed by atoms with Gasteiger partial charge in [0, 0.05) is 17.4 Å². The second-order valence-corrected chi connectivity index (χ2v) is 5.18. The fraction of sp³-hybridized carbons (Fsp3) is 0.357. The van der Waals surface area contributed by atoms with Gasteiger partial charge in [-0.15, -0.1) is 10.2 Å². The number of azo groups is 1. The number of aromatic nitrogens is 1. The van der Waals surface area contributed by atoms with Gasteiger partial charge in [-0.1, -0.05) is 0 Å². The minimum atomic E-state index is -0.235. The number of rotatable bonds is 2. The number of hydrogen-bond donors (Lipinski definition) is 2. The minimum absolute atomic E-state index is 0.00518. The molecule has 1 aliphatic carbocycles. The van der Waals surface area contributed by atoms with Crippen LogP contribution >= 0.6 is 0 Å². The molecule has 0 unspecified atom stereocenters. The highest BCUT2D eigenvalue weighted by molar-refractivity contribution is 5.96. The van der Waals surface area contributed by atoms with E-state index in [4.69, 9.17) is 9.47 Å². The maximum absolute atomic E-state index is 11.6. The third kappa shape index (κ3) is 2.10. The van der Waals surface area contributed by atoms with Crippen molar-refractivity contribution in [3.63, 3.8) is 0 Å². The van der Waals surface area contributed by atoms with Gasteiger partial charge in [0.2, 0.25) is 5.88 Å². The van der Waals surface area contributed by atoms with Gasteiger partial charge in [0.15, 0.2) is 17.2 Å². The van der Waals surface area contributed by atoms with Gasteiger partial charge in [-0.05, 0) is 18.9 Å². The summed E-state index contributed by atoms with van der Waals surface area (Å²) in [6, 6.07) is 3.47. The first-order valence-corrected chi connectivity index (χ1v) is 6.82. The molecule has 0 bridgehead atoms. The van der Waals surface area contributed by atoms with Crippen LogP contribution in [0.5, 0.6) is 17.4 Å². The predicted molar refractivity (Wildman–Crippen MR) is 73.2 cm³/mol. The van der Waals surface area contributed by atoms with Crippen molar-refractivity contribution >= 4 is 22.5 Å². The second kappa shape index (κ2) is 4.47. The van der Waals surface area contributed by atoms with Gasteiger partial charge < -0.3 is 19.6 Å². The molecule has 1 aromatic heterocycles. The Kier molecular flexibility index (Phi) is 2.60. The number of aromatic hydroxyl groups is 1. The summed E-state index contributed by atoms with van der Waals surface area (Å²) < 4.78 is 11.0. The van der Waals surface area contributed by atoms with Gasteiger partial charge >= 0.3 is 0 Å². The van der Waals surface area contributed by atoms with Crippen LogP contribution < -0.4 is 9.47 Å². The molecule has 0 saturated heterocycles. The topological polar surface area (TPSA) is 96.3 Å². The lowest BCUT2D eigenvalue weighted by atomic mass is 10.2. The minimum Gasteiger partial charge on any atom is -0.493 e. The van der Waals surface area contributed by atoms with Crippen LogP contribution in [0.1, 0.15) is 12.8 Å². The van der Waals surface area contributed by atoms with E-state index in [1.165, 1.54) is 0 Å². The molecule has 0 radical (unpaired) electrons. The normalized spacial score (nSPS) is 17.5. The summed E-state index contributed by atoms with van der Waals surface area (Å²) in [5.74, 6) is 0.858. The number of benzene rings is 1. The highest BCUT2D eigenvalue weighted by Gasteiger charge is 2.30. The van der Waals surface area contributed by atoms with Crippen molar-refractivity contribution in [1.29, 1.82) is 0 Å². The van der Waals surface area contributed by atoms with Crippen LogP contribution in [0.4, 0.5) is 5.69 Å². The molecular formula is C14H13N3O4. The van der Waals surface area contributed by atoms with E-state index in [0.717, 1.165) is 12.8 Å². The molecule has 1 saturated carbocycles. The molecule has 2 aromatic rings. The fourth-order valence-electron chi connectivity index (χ4n) is 2.31. The van der Waals surface area contributed by atoms with Crippen LogP contribution in [-0.2, 0) is 4.79 Å². The Balaban J connectivity index is 1.76. The highest BCUT2D eigenvalue weighted by atomic mass is 16.6. The van der Waals surface area contributed by atoms with Crippen LogP contribution in [0.15, 0.2) is 22.4 Å². The van der Waals surface area contributed by atoms with Gasteiger partial charge in [-0.2, -0.15) is 0 Å². The first kappa shape index (κ1) is 12.2. The van der Waals surface area contributed by atoms with Crippen LogP contribution in [-0.4, -0.2) is 29.2 Å². The molecule has 108 valence electrons. The quantitative estimate of drug-likeness (QED) is 0.830. The molecule has 0 atom stereocenters. The zero-order valence-corrected chi connectivity index (χ0v) is 11.1. The maximum Gasteiger partial charge on any atom is 0.267 e. The summed E-state index contributed by atoms with van der Waals surface area (Å²) in [7, 11) is 0. The van der Waals surface area contributed by atoms with Crippen molar-refractivity contribution in [2.75, 3.05) is 13.2 Å². The van der Waals surface area contributed by atoms with Gasteiger partial charge in [-0.3, -0.25) is 4.79 Å². The van der Waals surface area contributed by atoms with Crippen LogP contribution in [0.25, 0.3) is 10.9 Å². The van der Waals surface area contributed by atoms with E-state index in [9.17, 15) is 9.90 Å². The number of ether oxygens (including phenoxy) is 2. The number of nitrogens with one attached hydrogen (secondary N) is 1. The average Bonchev–Trinajstić information content (AvgIpc) is 3.28. The monoisotopic (exact) mass is 287 g/mol. The lowest BCUT2D eigenvalue weighted by molar-refractivity contribution is -0.119. The van der Waals surface area contributed by atoms with Crippen LogP contribution in [0, 0.1) is 5.92 Å². The molecule has 1 aromatic carbocycles. The molecular weight excluding hydrogens is 274 g/mol. The van der Waals surface area contributed by atoms with E-state index in [1.54, 1.807) is 12.1 Å². The number of fused-ring (bicyclic) bond motifs is 2. The number of H-pyrrole nitrogens is 1. The largest absolute Gasteiger partial charge is 0.493 e. The van der Waals surface area contributed by atoms with E-state index in [0.29, 0.717) is 35.6 Å². The number of aromatic amines is 1. The first-order chi connectivity index (χ1) is 10.2.